The third kappa shape index (κ3) is 1.82. The second-order valence-corrected chi connectivity index (χ2v) is 4.78. The van der Waals surface area contributed by atoms with E-state index in [0.29, 0.717) is 15.7 Å². The van der Waals surface area contributed by atoms with E-state index in [1.165, 1.54) is 0 Å². The van der Waals surface area contributed by atoms with Crippen molar-refractivity contribution in [2.45, 2.75) is 0 Å². The van der Waals surface area contributed by atoms with Crippen molar-refractivity contribution in [1.82, 2.24) is 9.55 Å². The fourth-order valence-corrected chi connectivity index (χ4v) is 2.30. The third-order valence-corrected chi connectivity index (χ3v) is 3.18. The molecule has 0 aliphatic carbocycles. The monoisotopic (exact) mass is 278 g/mol. The lowest BCUT2D eigenvalue weighted by Gasteiger charge is -2.03. The van der Waals surface area contributed by atoms with Gasteiger partial charge >= 0.3 is 5.69 Å². The van der Waals surface area contributed by atoms with Gasteiger partial charge in [0.15, 0.2) is 0 Å². The van der Waals surface area contributed by atoms with Crippen LogP contribution in [0.25, 0.3) is 16.7 Å². The van der Waals surface area contributed by atoms with Crippen LogP contribution in [-0.4, -0.2) is 9.55 Å². The predicted octanol–water partition coefficient (Wildman–Crippen LogP) is 3.63. The number of imidazole rings is 1. The van der Waals surface area contributed by atoms with Gasteiger partial charge in [-0.2, -0.15) is 0 Å². The van der Waals surface area contributed by atoms with Crippen molar-refractivity contribution in [3.8, 4) is 5.69 Å². The minimum Gasteiger partial charge on any atom is -0.305 e. The van der Waals surface area contributed by atoms with Gasteiger partial charge in [-0.05, 0) is 36.4 Å². The van der Waals surface area contributed by atoms with Gasteiger partial charge in [0.2, 0.25) is 0 Å². The number of hydrogen-bond donors (Lipinski definition) is 1. The molecule has 0 fully saturated rings. The van der Waals surface area contributed by atoms with Crippen LogP contribution in [0.1, 0.15) is 0 Å². The SMILES string of the molecule is O=c1[nH]c2ccc(Cl)cc2n1-c1cccc(Cl)c1. The number of aromatic amines is 1. The van der Waals surface area contributed by atoms with E-state index in [-0.39, 0.29) is 5.69 Å². The van der Waals surface area contributed by atoms with E-state index in [2.05, 4.69) is 4.98 Å². The van der Waals surface area contributed by atoms with Gasteiger partial charge in [0, 0.05) is 10.0 Å². The molecule has 3 rings (SSSR count). The summed E-state index contributed by atoms with van der Waals surface area (Å²) in [5.74, 6) is 0. The van der Waals surface area contributed by atoms with Crippen LogP contribution in [0.15, 0.2) is 47.3 Å². The van der Waals surface area contributed by atoms with E-state index < -0.39 is 0 Å². The number of benzene rings is 2. The second kappa shape index (κ2) is 4.19. The molecule has 0 aliphatic rings. The number of halogens is 2. The molecule has 1 N–H and O–H groups in total. The van der Waals surface area contributed by atoms with Crippen molar-refractivity contribution in [3.63, 3.8) is 0 Å². The van der Waals surface area contributed by atoms with Crippen molar-refractivity contribution in [2.75, 3.05) is 0 Å². The average Bonchev–Trinajstić information content (AvgIpc) is 2.64. The quantitative estimate of drug-likeness (QED) is 0.725. The summed E-state index contributed by atoms with van der Waals surface area (Å²) in [5, 5.41) is 1.16. The number of hydrogen-bond acceptors (Lipinski definition) is 1. The molecule has 2 aromatic carbocycles. The van der Waals surface area contributed by atoms with Crippen molar-refractivity contribution >= 4 is 34.2 Å². The zero-order valence-corrected chi connectivity index (χ0v) is 10.7. The maximum atomic E-state index is 12.0. The first-order chi connectivity index (χ1) is 8.65. The Labute approximate surface area is 113 Å². The van der Waals surface area contributed by atoms with Crippen molar-refractivity contribution in [3.05, 3.63) is 63.0 Å². The fraction of sp³-hybridized carbons (Fsp3) is 0. The Balaban J connectivity index is 2.38. The number of H-pyrrole nitrogens is 1. The largest absolute Gasteiger partial charge is 0.331 e. The molecule has 1 aromatic heterocycles. The van der Waals surface area contributed by atoms with Crippen LogP contribution < -0.4 is 5.69 Å². The highest BCUT2D eigenvalue weighted by Gasteiger charge is 2.09. The molecule has 0 unspecified atom stereocenters. The molecule has 0 amide bonds. The molecule has 0 atom stereocenters. The van der Waals surface area contributed by atoms with Crippen molar-refractivity contribution < 1.29 is 0 Å². The first-order valence-electron chi connectivity index (χ1n) is 5.31. The molecule has 3 nitrogen and oxygen atoms in total. The number of aromatic nitrogens is 2. The van der Waals surface area contributed by atoms with Gasteiger partial charge in [-0.15, -0.1) is 0 Å². The van der Waals surface area contributed by atoms with Crippen LogP contribution >= 0.6 is 23.2 Å². The Bertz CT molecular complexity index is 789. The highest BCUT2D eigenvalue weighted by atomic mass is 35.5. The van der Waals surface area contributed by atoms with Crippen LogP contribution in [0.3, 0.4) is 0 Å². The zero-order chi connectivity index (χ0) is 12.7. The molecule has 0 radical (unpaired) electrons. The predicted molar refractivity (Wildman–Crippen MR) is 73.9 cm³/mol. The summed E-state index contributed by atoms with van der Waals surface area (Å²) in [7, 11) is 0. The molecule has 0 aliphatic heterocycles. The molecule has 90 valence electrons. The van der Waals surface area contributed by atoms with E-state index in [0.717, 1.165) is 11.0 Å². The molecule has 3 aromatic rings. The van der Waals surface area contributed by atoms with Crippen LogP contribution in [-0.2, 0) is 0 Å². The minimum atomic E-state index is -0.213. The minimum absolute atomic E-state index is 0.213. The summed E-state index contributed by atoms with van der Waals surface area (Å²) >= 11 is 11.9. The average molecular weight is 279 g/mol. The van der Waals surface area contributed by atoms with E-state index in [4.69, 9.17) is 23.2 Å². The Kier molecular flexibility index (Phi) is 2.65. The Morgan fingerprint density at radius 1 is 1.00 bits per heavy atom. The number of fused-ring (bicyclic) bond motifs is 1. The molecule has 18 heavy (non-hydrogen) atoms. The number of nitrogens with one attached hydrogen (secondary N) is 1. The molecule has 0 bridgehead atoms. The van der Waals surface area contributed by atoms with Gasteiger partial charge in [0.1, 0.15) is 0 Å². The standard InChI is InChI=1S/C13H8Cl2N2O/c14-8-2-1-3-10(6-8)17-12-7-9(15)4-5-11(12)16-13(17)18/h1-7H,(H,16,18). The van der Waals surface area contributed by atoms with E-state index in [9.17, 15) is 4.79 Å². The first kappa shape index (κ1) is 11.4. The van der Waals surface area contributed by atoms with Crippen LogP contribution in [0.4, 0.5) is 0 Å². The highest BCUT2D eigenvalue weighted by Crippen LogP contribution is 2.21. The zero-order valence-electron chi connectivity index (χ0n) is 9.15. The Hall–Kier alpha value is -1.71. The topological polar surface area (TPSA) is 37.8 Å². The molecule has 1 heterocycles. The Morgan fingerprint density at radius 3 is 2.56 bits per heavy atom. The normalized spacial score (nSPS) is 11.0. The summed E-state index contributed by atoms with van der Waals surface area (Å²) in [6, 6.07) is 12.4. The third-order valence-electron chi connectivity index (χ3n) is 2.71. The molecule has 0 spiro atoms. The first-order valence-corrected chi connectivity index (χ1v) is 6.07. The fourth-order valence-electron chi connectivity index (χ4n) is 1.95. The van der Waals surface area contributed by atoms with Gasteiger partial charge < -0.3 is 4.98 Å². The lowest BCUT2D eigenvalue weighted by molar-refractivity contribution is 1.02. The molecule has 0 saturated heterocycles. The van der Waals surface area contributed by atoms with E-state index in [1.54, 1.807) is 41.0 Å². The summed E-state index contributed by atoms with van der Waals surface area (Å²) in [5.41, 5.74) is 1.97. The molecule has 0 saturated carbocycles. The van der Waals surface area contributed by atoms with Gasteiger partial charge in [-0.3, -0.25) is 4.57 Å². The van der Waals surface area contributed by atoms with Crippen molar-refractivity contribution in [2.24, 2.45) is 0 Å². The smallest absolute Gasteiger partial charge is 0.305 e. The van der Waals surface area contributed by atoms with Crippen LogP contribution in [0.2, 0.25) is 10.0 Å². The van der Waals surface area contributed by atoms with Crippen LogP contribution in [0.5, 0.6) is 0 Å². The Morgan fingerprint density at radius 2 is 1.78 bits per heavy atom. The summed E-state index contributed by atoms with van der Waals surface area (Å²) in [6.45, 7) is 0. The highest BCUT2D eigenvalue weighted by molar-refractivity contribution is 6.31. The number of nitrogens with zero attached hydrogens (tertiary/aromatic N) is 1. The second-order valence-electron chi connectivity index (χ2n) is 3.91. The lowest BCUT2D eigenvalue weighted by atomic mass is 10.3. The van der Waals surface area contributed by atoms with Gasteiger partial charge in [0.05, 0.1) is 16.7 Å². The summed E-state index contributed by atoms with van der Waals surface area (Å²) in [4.78, 5) is 14.8. The molecule has 5 heteroatoms. The maximum Gasteiger partial charge on any atom is 0.331 e. The number of rotatable bonds is 1. The maximum absolute atomic E-state index is 12.0. The van der Waals surface area contributed by atoms with Crippen LogP contribution in [0, 0.1) is 0 Å². The van der Waals surface area contributed by atoms with Gasteiger partial charge in [-0.1, -0.05) is 29.3 Å². The van der Waals surface area contributed by atoms with Gasteiger partial charge in [-0.25, -0.2) is 4.79 Å². The summed E-state index contributed by atoms with van der Waals surface area (Å²) in [6.07, 6.45) is 0. The van der Waals surface area contributed by atoms with E-state index >= 15 is 0 Å². The van der Waals surface area contributed by atoms with Crippen molar-refractivity contribution in [1.29, 1.82) is 0 Å². The lowest BCUT2D eigenvalue weighted by Crippen LogP contribution is -2.14. The summed E-state index contributed by atoms with van der Waals surface area (Å²) < 4.78 is 1.55. The van der Waals surface area contributed by atoms with Gasteiger partial charge in [0.25, 0.3) is 0 Å². The molecular formula is C13H8Cl2N2O. The van der Waals surface area contributed by atoms with E-state index in [1.807, 2.05) is 6.07 Å². The molecular weight excluding hydrogens is 271 g/mol.